The molecule has 4 N–H and O–H groups in total. The van der Waals surface area contributed by atoms with Crippen LogP contribution in [0.4, 0.5) is 0 Å². The van der Waals surface area contributed by atoms with Crippen molar-refractivity contribution in [2.24, 2.45) is 22.8 Å². The van der Waals surface area contributed by atoms with Crippen LogP contribution in [-0.2, 0) is 14.3 Å². The van der Waals surface area contributed by atoms with Gasteiger partial charge in [0.15, 0.2) is 0 Å². The first kappa shape index (κ1) is 15.3. The molecule has 2 heterocycles. The molecule has 6 heteroatoms. The summed E-state index contributed by atoms with van der Waals surface area (Å²) in [5.41, 5.74) is 10.8. The van der Waals surface area contributed by atoms with Gasteiger partial charge in [0, 0.05) is 32.3 Å². The van der Waals surface area contributed by atoms with Crippen LogP contribution in [0.15, 0.2) is 0 Å². The van der Waals surface area contributed by atoms with Gasteiger partial charge in [-0.15, -0.1) is 0 Å². The van der Waals surface area contributed by atoms with Crippen molar-refractivity contribution in [3.8, 4) is 0 Å². The van der Waals surface area contributed by atoms with Crippen molar-refractivity contribution >= 4 is 11.8 Å². The zero-order chi connectivity index (χ0) is 14.8. The summed E-state index contributed by atoms with van der Waals surface area (Å²) < 4.78 is 5.35. The third-order valence-corrected chi connectivity index (χ3v) is 4.84. The molecule has 0 spiro atoms. The molecular formula is C14H25N3O3. The fraction of sp³-hybridized carbons (Fsp3) is 0.857. The summed E-state index contributed by atoms with van der Waals surface area (Å²) in [6.45, 7) is 3.94. The highest BCUT2D eigenvalue weighted by molar-refractivity contribution is 5.85. The van der Waals surface area contributed by atoms with Gasteiger partial charge < -0.3 is 21.1 Å². The molecule has 0 aromatic carbocycles. The second-order valence-corrected chi connectivity index (χ2v) is 6.08. The molecule has 2 unspecified atom stereocenters. The van der Waals surface area contributed by atoms with Crippen LogP contribution in [0, 0.1) is 11.3 Å². The van der Waals surface area contributed by atoms with Crippen LogP contribution in [0.25, 0.3) is 0 Å². The Balaban J connectivity index is 2.14. The van der Waals surface area contributed by atoms with Crippen molar-refractivity contribution in [1.29, 1.82) is 0 Å². The van der Waals surface area contributed by atoms with Crippen LogP contribution in [0.1, 0.15) is 32.6 Å². The van der Waals surface area contributed by atoms with E-state index in [1.807, 2.05) is 11.8 Å². The van der Waals surface area contributed by atoms with E-state index in [2.05, 4.69) is 0 Å². The highest BCUT2D eigenvalue weighted by atomic mass is 16.5. The van der Waals surface area contributed by atoms with Gasteiger partial charge in [0.1, 0.15) is 0 Å². The average molecular weight is 283 g/mol. The minimum Gasteiger partial charge on any atom is -0.381 e. The Bertz CT molecular complexity index is 380. The molecule has 0 aromatic heterocycles. The number of ether oxygens (including phenoxy) is 1. The standard InChI is InChI=1S/C14H25N3O3/c1-10-2-3-11(12(16)18)8-17(10)13(19)14(9-15)4-6-20-7-5-14/h10-11H,2-9,15H2,1H3,(H2,16,18). The number of nitrogens with two attached hydrogens (primary N) is 2. The Labute approximate surface area is 119 Å². The number of piperidine rings is 1. The molecule has 0 saturated carbocycles. The van der Waals surface area contributed by atoms with Crippen LogP contribution < -0.4 is 11.5 Å². The maximum atomic E-state index is 12.9. The Kier molecular flexibility index (Phi) is 4.65. The minimum atomic E-state index is -0.522. The molecule has 2 atom stereocenters. The molecule has 20 heavy (non-hydrogen) atoms. The number of hydrogen-bond donors (Lipinski definition) is 2. The molecule has 2 amide bonds. The molecule has 2 aliphatic heterocycles. The maximum Gasteiger partial charge on any atom is 0.230 e. The van der Waals surface area contributed by atoms with E-state index in [1.54, 1.807) is 0 Å². The number of carbonyl (C=O) groups is 2. The van der Waals surface area contributed by atoms with E-state index < -0.39 is 5.41 Å². The molecule has 6 nitrogen and oxygen atoms in total. The lowest BCUT2D eigenvalue weighted by molar-refractivity contribution is -0.152. The fourth-order valence-electron chi connectivity index (χ4n) is 3.19. The molecule has 2 aliphatic rings. The van der Waals surface area contributed by atoms with Gasteiger partial charge in [-0.2, -0.15) is 0 Å². The maximum absolute atomic E-state index is 12.9. The number of primary amides is 1. The van der Waals surface area contributed by atoms with Gasteiger partial charge in [-0.25, -0.2) is 0 Å². The highest BCUT2D eigenvalue weighted by Gasteiger charge is 2.44. The summed E-state index contributed by atoms with van der Waals surface area (Å²) in [4.78, 5) is 26.1. The lowest BCUT2D eigenvalue weighted by atomic mass is 9.77. The highest BCUT2D eigenvalue weighted by Crippen LogP contribution is 2.34. The topological polar surface area (TPSA) is 98.7 Å². The van der Waals surface area contributed by atoms with E-state index in [-0.39, 0.29) is 23.8 Å². The van der Waals surface area contributed by atoms with Crippen LogP contribution in [0.3, 0.4) is 0 Å². The zero-order valence-corrected chi connectivity index (χ0v) is 12.1. The first-order valence-electron chi connectivity index (χ1n) is 7.38. The normalized spacial score (nSPS) is 30.0. The SMILES string of the molecule is CC1CCC(C(N)=O)CN1C(=O)C1(CN)CCOCC1. The lowest BCUT2D eigenvalue weighted by Crippen LogP contribution is -2.56. The number of nitrogens with zero attached hydrogens (tertiary/aromatic N) is 1. The Morgan fingerprint density at radius 1 is 1.30 bits per heavy atom. The molecule has 2 rings (SSSR count). The molecule has 2 saturated heterocycles. The Morgan fingerprint density at radius 3 is 2.50 bits per heavy atom. The summed E-state index contributed by atoms with van der Waals surface area (Å²) in [6, 6.07) is 0.143. The summed E-state index contributed by atoms with van der Waals surface area (Å²) in [5.74, 6) is -0.477. The molecule has 2 fully saturated rings. The lowest BCUT2D eigenvalue weighted by Gasteiger charge is -2.44. The van der Waals surface area contributed by atoms with E-state index in [0.717, 1.165) is 12.8 Å². The van der Waals surface area contributed by atoms with E-state index in [1.165, 1.54) is 0 Å². The monoisotopic (exact) mass is 283 g/mol. The first-order chi connectivity index (χ1) is 9.50. The third kappa shape index (κ3) is 2.81. The number of likely N-dealkylation sites (tertiary alicyclic amines) is 1. The van der Waals surface area contributed by atoms with Crippen LogP contribution >= 0.6 is 0 Å². The number of rotatable bonds is 3. The van der Waals surface area contributed by atoms with Crippen molar-refractivity contribution in [2.45, 2.75) is 38.6 Å². The van der Waals surface area contributed by atoms with Gasteiger partial charge in [0.2, 0.25) is 11.8 Å². The number of hydrogen-bond acceptors (Lipinski definition) is 4. The largest absolute Gasteiger partial charge is 0.381 e. The van der Waals surface area contributed by atoms with E-state index in [0.29, 0.717) is 39.1 Å². The summed E-state index contributed by atoms with van der Waals surface area (Å²) in [7, 11) is 0. The van der Waals surface area contributed by atoms with Crippen molar-refractivity contribution in [3.63, 3.8) is 0 Å². The number of carbonyl (C=O) groups excluding carboxylic acids is 2. The molecule has 0 aliphatic carbocycles. The smallest absolute Gasteiger partial charge is 0.230 e. The first-order valence-corrected chi connectivity index (χ1v) is 7.38. The second kappa shape index (κ2) is 6.10. The van der Waals surface area contributed by atoms with Gasteiger partial charge >= 0.3 is 0 Å². The van der Waals surface area contributed by atoms with Crippen molar-refractivity contribution in [3.05, 3.63) is 0 Å². The Morgan fingerprint density at radius 2 is 1.95 bits per heavy atom. The van der Waals surface area contributed by atoms with E-state index in [4.69, 9.17) is 16.2 Å². The quantitative estimate of drug-likeness (QED) is 0.752. The van der Waals surface area contributed by atoms with Gasteiger partial charge in [-0.3, -0.25) is 9.59 Å². The summed E-state index contributed by atoms with van der Waals surface area (Å²) in [5, 5.41) is 0. The van der Waals surface area contributed by atoms with Gasteiger partial charge in [0.25, 0.3) is 0 Å². The van der Waals surface area contributed by atoms with Gasteiger partial charge in [-0.1, -0.05) is 0 Å². The average Bonchev–Trinajstić information content (AvgIpc) is 2.47. The second-order valence-electron chi connectivity index (χ2n) is 6.08. The fourth-order valence-corrected chi connectivity index (χ4v) is 3.19. The molecular weight excluding hydrogens is 258 g/mol. The van der Waals surface area contributed by atoms with Crippen LogP contribution in [0.5, 0.6) is 0 Å². The minimum absolute atomic E-state index is 0.0711. The van der Waals surface area contributed by atoms with Crippen molar-refractivity contribution in [1.82, 2.24) is 4.90 Å². The summed E-state index contributed by atoms with van der Waals surface area (Å²) in [6.07, 6.45) is 2.90. The molecule has 114 valence electrons. The predicted octanol–water partition coefficient (Wildman–Crippen LogP) is -0.146. The Hall–Kier alpha value is -1.14. The van der Waals surface area contributed by atoms with Crippen molar-refractivity contribution in [2.75, 3.05) is 26.3 Å². The van der Waals surface area contributed by atoms with Gasteiger partial charge in [-0.05, 0) is 32.6 Å². The van der Waals surface area contributed by atoms with Crippen LogP contribution in [0.2, 0.25) is 0 Å². The third-order valence-electron chi connectivity index (χ3n) is 4.84. The number of amides is 2. The zero-order valence-electron chi connectivity index (χ0n) is 12.1. The van der Waals surface area contributed by atoms with Gasteiger partial charge in [0.05, 0.1) is 11.3 Å². The molecule has 0 bridgehead atoms. The molecule has 0 aromatic rings. The predicted molar refractivity (Wildman–Crippen MR) is 74.6 cm³/mol. The van der Waals surface area contributed by atoms with E-state index >= 15 is 0 Å². The summed E-state index contributed by atoms with van der Waals surface area (Å²) >= 11 is 0. The van der Waals surface area contributed by atoms with E-state index in [9.17, 15) is 9.59 Å². The van der Waals surface area contributed by atoms with Crippen molar-refractivity contribution < 1.29 is 14.3 Å². The van der Waals surface area contributed by atoms with Crippen LogP contribution in [-0.4, -0.2) is 49.1 Å². The molecule has 0 radical (unpaired) electrons.